The number of benzene rings is 2. The Kier molecular flexibility index (Phi) is 23.6. The van der Waals surface area contributed by atoms with Gasteiger partial charge in [0, 0.05) is 35.7 Å². The number of carbonyl (C=O) groups is 1. The Hall–Kier alpha value is -5.35. The molecule has 2 aromatic carbocycles. The molecular formula is C47H64FN5O2. The summed E-state index contributed by atoms with van der Waals surface area (Å²) in [6.07, 6.45) is 17.6. The van der Waals surface area contributed by atoms with Gasteiger partial charge in [0.15, 0.2) is 0 Å². The number of hydrogen-bond donors (Lipinski definition) is 4. The average molecular weight is 750 g/mol. The number of ether oxygens (including phenoxy) is 1. The van der Waals surface area contributed by atoms with Crippen molar-refractivity contribution in [2.75, 3.05) is 20.7 Å². The van der Waals surface area contributed by atoms with E-state index < -0.39 is 5.54 Å². The van der Waals surface area contributed by atoms with Crippen molar-refractivity contribution in [2.45, 2.75) is 97.7 Å². The summed E-state index contributed by atoms with van der Waals surface area (Å²) in [4.78, 5) is 16.2. The van der Waals surface area contributed by atoms with Crippen molar-refractivity contribution in [3.8, 4) is 11.8 Å². The lowest BCUT2D eigenvalue weighted by atomic mass is 9.97. The highest BCUT2D eigenvalue weighted by Crippen LogP contribution is 2.48. The third kappa shape index (κ3) is 18.0. The Morgan fingerprint density at radius 1 is 1.11 bits per heavy atom. The molecule has 0 atom stereocenters. The van der Waals surface area contributed by atoms with E-state index in [1.54, 1.807) is 25.5 Å². The molecular weight excluding hydrogens is 686 g/mol. The lowest BCUT2D eigenvalue weighted by Gasteiger charge is -2.23. The van der Waals surface area contributed by atoms with Crippen LogP contribution < -0.4 is 21.7 Å². The molecule has 2 saturated carbocycles. The van der Waals surface area contributed by atoms with E-state index in [4.69, 9.17) is 10.5 Å². The molecule has 0 aliphatic heterocycles. The number of rotatable bonds is 15. The van der Waals surface area contributed by atoms with Crippen LogP contribution >= 0.6 is 0 Å². The van der Waals surface area contributed by atoms with E-state index >= 15 is 0 Å². The first-order chi connectivity index (χ1) is 26.6. The first-order valence-corrected chi connectivity index (χ1v) is 19.2. The number of amides is 1. The Morgan fingerprint density at radius 3 is 2.31 bits per heavy atom. The molecule has 2 aromatic rings. The Labute approximate surface area is 331 Å². The Morgan fingerprint density at radius 2 is 1.78 bits per heavy atom. The molecule has 0 saturated heterocycles. The summed E-state index contributed by atoms with van der Waals surface area (Å²) < 4.78 is 19.9. The lowest BCUT2D eigenvalue weighted by molar-refractivity contribution is -0.116. The van der Waals surface area contributed by atoms with Crippen LogP contribution in [0.15, 0.2) is 115 Å². The minimum Gasteiger partial charge on any atom is -0.496 e. The van der Waals surface area contributed by atoms with Crippen LogP contribution in [0.25, 0.3) is 11.3 Å². The second-order valence-corrected chi connectivity index (χ2v) is 13.0. The number of halogens is 1. The molecule has 0 spiro atoms. The van der Waals surface area contributed by atoms with Gasteiger partial charge in [-0.15, -0.1) is 5.73 Å². The standard InChI is InChI=1S/C28H29FN4O.C12H17NO.C4H10.C3H8/c1-3-26(25-8-6-5-7-19(25)17-32-27(34)4-2)33-28(11-12-28)22-13-20(14-23(29)15-22)21(16-30)18-31-24-9-10-24;1-5-6-9-12(14-4)11(2)8-7-10-13-3;1-3-4-2;1-3-2/h4-8,13-16,18,24,33H,1-2,9-12,17,30H2,(H,32,34);5-6,9,13H,1,10H2,2-4H3;3-4H2,1-2H3;3H2,1-2H3/b21-16+,31-18?;9-6-,12-11-;;. The van der Waals surface area contributed by atoms with Crippen LogP contribution in [-0.4, -0.2) is 38.9 Å². The van der Waals surface area contributed by atoms with Crippen LogP contribution in [0, 0.1) is 17.7 Å². The topological polar surface area (TPSA) is 101 Å². The fraction of sp³-hybridized carbons (Fsp3) is 0.383. The van der Waals surface area contributed by atoms with E-state index in [0.29, 0.717) is 36.0 Å². The number of methoxy groups -OCH3 is 1. The van der Waals surface area contributed by atoms with Gasteiger partial charge >= 0.3 is 0 Å². The molecule has 2 fully saturated rings. The van der Waals surface area contributed by atoms with E-state index in [0.717, 1.165) is 53.7 Å². The van der Waals surface area contributed by atoms with Crippen LogP contribution in [0.5, 0.6) is 0 Å². The summed E-state index contributed by atoms with van der Waals surface area (Å²) >= 11 is 0. The molecule has 0 bridgehead atoms. The second kappa shape index (κ2) is 27.3. The van der Waals surface area contributed by atoms with Crippen LogP contribution in [0.2, 0.25) is 0 Å². The summed E-state index contributed by atoms with van der Waals surface area (Å²) in [6.45, 7) is 22.5. The Balaban J connectivity index is 0.000000598. The molecule has 2 aliphatic rings. The smallest absolute Gasteiger partial charge is 0.243 e. The first kappa shape index (κ1) is 47.7. The molecule has 4 rings (SSSR count). The zero-order valence-electron chi connectivity index (χ0n) is 34.3. The molecule has 55 heavy (non-hydrogen) atoms. The van der Waals surface area contributed by atoms with Crippen LogP contribution in [0.3, 0.4) is 0 Å². The fourth-order valence-electron chi connectivity index (χ4n) is 4.71. The molecule has 0 heterocycles. The zero-order valence-corrected chi connectivity index (χ0v) is 34.3. The SMILES string of the molecule is C=C/C=C\C(OC)=C(/C)C#CCNC.C=C=C(NC1(c2cc(F)cc(/C(C=NC3CC3)=C/N)c2)CC1)c1ccccc1CNC(=O)C=C.CCC.CCCC. The number of nitrogens with two attached hydrogens (primary N) is 1. The van der Waals surface area contributed by atoms with E-state index in [1.807, 2.05) is 56.5 Å². The van der Waals surface area contributed by atoms with Gasteiger partial charge in [0.05, 0.1) is 30.9 Å². The van der Waals surface area contributed by atoms with E-state index in [2.05, 4.69) is 85.9 Å². The van der Waals surface area contributed by atoms with E-state index in [9.17, 15) is 9.18 Å². The quantitative estimate of drug-likeness (QED) is 0.0363. The van der Waals surface area contributed by atoms with Crippen molar-refractivity contribution in [3.05, 3.63) is 138 Å². The van der Waals surface area contributed by atoms with E-state index in [1.165, 1.54) is 37.6 Å². The van der Waals surface area contributed by atoms with Gasteiger partial charge < -0.3 is 26.4 Å². The minimum absolute atomic E-state index is 0.244. The number of hydrogen-bond acceptors (Lipinski definition) is 6. The van der Waals surface area contributed by atoms with Crippen LogP contribution in [-0.2, 0) is 21.6 Å². The normalized spacial score (nSPS) is 14.1. The van der Waals surface area contributed by atoms with Gasteiger partial charge in [0.1, 0.15) is 11.6 Å². The van der Waals surface area contributed by atoms with Crippen LogP contribution in [0.1, 0.15) is 102 Å². The summed E-state index contributed by atoms with van der Waals surface area (Å²) in [7, 11) is 3.49. The van der Waals surface area contributed by atoms with Crippen molar-refractivity contribution in [1.82, 2.24) is 16.0 Å². The number of allylic oxidation sites excluding steroid dienone is 5. The maximum Gasteiger partial charge on any atom is 0.243 e. The van der Waals surface area contributed by atoms with Crippen molar-refractivity contribution in [3.63, 3.8) is 0 Å². The summed E-state index contributed by atoms with van der Waals surface area (Å²) in [5.41, 5.74) is 14.1. The van der Waals surface area contributed by atoms with Crippen molar-refractivity contribution < 1.29 is 13.9 Å². The molecule has 0 radical (unpaired) electrons. The first-order valence-electron chi connectivity index (χ1n) is 19.2. The second-order valence-electron chi connectivity index (χ2n) is 13.0. The van der Waals surface area contributed by atoms with Gasteiger partial charge in [-0.1, -0.05) is 115 Å². The molecule has 2 aliphatic carbocycles. The van der Waals surface area contributed by atoms with Gasteiger partial charge in [0.25, 0.3) is 0 Å². The number of nitrogens with zero attached hydrogens (tertiary/aromatic N) is 1. The predicted molar refractivity (Wildman–Crippen MR) is 232 cm³/mol. The summed E-state index contributed by atoms with van der Waals surface area (Å²) in [6, 6.07) is 13.1. The lowest BCUT2D eigenvalue weighted by Crippen LogP contribution is -2.28. The highest BCUT2D eigenvalue weighted by molar-refractivity contribution is 6.09. The van der Waals surface area contributed by atoms with Crippen molar-refractivity contribution >= 4 is 23.4 Å². The van der Waals surface area contributed by atoms with Gasteiger partial charge in [-0.05, 0) is 86.7 Å². The van der Waals surface area contributed by atoms with Crippen LogP contribution in [0.4, 0.5) is 4.39 Å². The fourth-order valence-corrected chi connectivity index (χ4v) is 4.71. The molecule has 1 amide bonds. The molecule has 7 nitrogen and oxygen atoms in total. The van der Waals surface area contributed by atoms with Crippen molar-refractivity contribution in [1.29, 1.82) is 0 Å². The number of aliphatic imine (C=N–C) groups is 1. The molecule has 0 unspecified atom stereocenters. The van der Waals surface area contributed by atoms with E-state index in [-0.39, 0.29) is 11.7 Å². The maximum atomic E-state index is 14.7. The third-order valence-electron chi connectivity index (χ3n) is 8.17. The highest BCUT2D eigenvalue weighted by Gasteiger charge is 2.45. The summed E-state index contributed by atoms with van der Waals surface area (Å²) in [5.74, 6) is 6.17. The summed E-state index contributed by atoms with van der Waals surface area (Å²) in [5, 5.41) is 9.32. The molecule has 5 N–H and O–H groups in total. The Bertz CT molecular complexity index is 1760. The highest BCUT2D eigenvalue weighted by atomic mass is 19.1. The van der Waals surface area contributed by atoms with Gasteiger partial charge in [-0.2, -0.15) is 0 Å². The van der Waals surface area contributed by atoms with Crippen molar-refractivity contribution in [2.24, 2.45) is 10.7 Å². The third-order valence-corrected chi connectivity index (χ3v) is 8.17. The zero-order chi connectivity index (χ0) is 41.1. The van der Waals surface area contributed by atoms with Gasteiger partial charge in [-0.3, -0.25) is 9.79 Å². The monoisotopic (exact) mass is 750 g/mol. The van der Waals surface area contributed by atoms with Gasteiger partial charge in [0.2, 0.25) is 5.91 Å². The largest absolute Gasteiger partial charge is 0.496 e. The molecule has 0 aromatic heterocycles. The average Bonchev–Trinajstić information content (AvgIpc) is 4.15. The molecule has 296 valence electrons. The minimum atomic E-state index is -0.429. The number of nitrogens with one attached hydrogen (secondary N) is 3. The predicted octanol–water partition coefficient (Wildman–Crippen LogP) is 9.66. The van der Waals surface area contributed by atoms with Gasteiger partial charge in [-0.25, -0.2) is 4.39 Å². The molecule has 8 heteroatoms. The maximum absolute atomic E-state index is 14.7. The number of carbonyl (C=O) groups excluding carboxylic acids is 1. The number of unbranched alkanes of at least 4 members (excludes halogenated alkanes) is 1.